The quantitative estimate of drug-likeness (QED) is 0.731. The molecule has 3 N–H and O–H groups in total. The number of amides is 2. The fraction of sp³-hybridized carbons (Fsp3) is 0.529. The standard InChI is InChI=1S/C17H25ClN4O2.2ClH/c1-13(19)2-7-16(23)20-12-17(24)22-10-8-21(9-11-22)15-5-3-14(18)4-6-15;;/h3-6,13H,2,7-12,19H2,1H3,(H,20,23);2*1H. The molecule has 0 aliphatic carbocycles. The zero-order valence-electron chi connectivity index (χ0n) is 14.8. The van der Waals surface area contributed by atoms with Gasteiger partial charge >= 0.3 is 0 Å². The molecule has 1 unspecified atom stereocenters. The van der Waals surface area contributed by atoms with Crippen molar-refractivity contribution in [3.05, 3.63) is 29.3 Å². The van der Waals surface area contributed by atoms with E-state index in [1.54, 1.807) is 4.90 Å². The predicted octanol–water partition coefficient (Wildman–Crippen LogP) is 2.08. The van der Waals surface area contributed by atoms with Gasteiger partial charge in [0.25, 0.3) is 0 Å². The number of piperazine rings is 1. The van der Waals surface area contributed by atoms with Gasteiger partial charge in [0.05, 0.1) is 6.54 Å². The summed E-state index contributed by atoms with van der Waals surface area (Å²) < 4.78 is 0. The van der Waals surface area contributed by atoms with Gasteiger partial charge in [0.1, 0.15) is 0 Å². The summed E-state index contributed by atoms with van der Waals surface area (Å²) in [6, 6.07) is 7.70. The molecule has 1 aliphatic heterocycles. The molecule has 0 bridgehead atoms. The van der Waals surface area contributed by atoms with Crippen LogP contribution in [0.15, 0.2) is 24.3 Å². The van der Waals surface area contributed by atoms with Gasteiger partial charge in [-0.1, -0.05) is 11.6 Å². The monoisotopic (exact) mass is 424 g/mol. The summed E-state index contributed by atoms with van der Waals surface area (Å²) in [7, 11) is 0. The van der Waals surface area contributed by atoms with E-state index in [2.05, 4.69) is 10.2 Å². The number of carbonyl (C=O) groups is 2. The number of rotatable bonds is 6. The first-order valence-corrected chi connectivity index (χ1v) is 8.64. The third-order valence-corrected chi connectivity index (χ3v) is 4.34. The van der Waals surface area contributed by atoms with Crippen LogP contribution in [-0.4, -0.2) is 55.5 Å². The molecule has 0 saturated carbocycles. The average molecular weight is 426 g/mol. The first kappa shape index (κ1) is 24.8. The number of hydrogen-bond donors (Lipinski definition) is 2. The van der Waals surface area contributed by atoms with Gasteiger partial charge in [-0.15, -0.1) is 24.8 Å². The number of nitrogens with one attached hydrogen (secondary N) is 1. The van der Waals surface area contributed by atoms with Crippen molar-refractivity contribution in [1.82, 2.24) is 10.2 Å². The van der Waals surface area contributed by atoms with Gasteiger partial charge in [0.2, 0.25) is 11.8 Å². The normalized spacial score (nSPS) is 14.7. The second kappa shape index (κ2) is 12.2. The highest BCUT2D eigenvalue weighted by Crippen LogP contribution is 2.19. The summed E-state index contributed by atoms with van der Waals surface area (Å²) in [6.07, 6.45) is 0.981. The van der Waals surface area contributed by atoms with Gasteiger partial charge in [-0.2, -0.15) is 0 Å². The number of carbonyl (C=O) groups excluding carboxylic acids is 2. The Morgan fingerprint density at radius 1 is 1.15 bits per heavy atom. The summed E-state index contributed by atoms with van der Waals surface area (Å²) >= 11 is 5.90. The van der Waals surface area contributed by atoms with Crippen LogP contribution in [0.2, 0.25) is 5.02 Å². The predicted molar refractivity (Wildman–Crippen MR) is 111 cm³/mol. The van der Waals surface area contributed by atoms with E-state index in [1.807, 2.05) is 31.2 Å². The second-order valence-corrected chi connectivity index (χ2v) is 6.57. The van der Waals surface area contributed by atoms with Crippen LogP contribution in [0, 0.1) is 0 Å². The number of nitrogens with two attached hydrogens (primary N) is 1. The van der Waals surface area contributed by atoms with Crippen LogP contribution in [0.1, 0.15) is 19.8 Å². The maximum atomic E-state index is 12.2. The molecule has 26 heavy (non-hydrogen) atoms. The van der Waals surface area contributed by atoms with E-state index >= 15 is 0 Å². The maximum Gasteiger partial charge on any atom is 0.242 e. The van der Waals surface area contributed by atoms with E-state index in [-0.39, 0.29) is 49.2 Å². The summed E-state index contributed by atoms with van der Waals surface area (Å²) in [6.45, 7) is 4.75. The lowest BCUT2D eigenvalue weighted by Crippen LogP contribution is -2.51. The summed E-state index contributed by atoms with van der Waals surface area (Å²) in [5.74, 6) is -0.166. The Labute approximate surface area is 172 Å². The first-order chi connectivity index (χ1) is 11.5. The molecule has 0 aromatic heterocycles. The lowest BCUT2D eigenvalue weighted by Gasteiger charge is -2.36. The molecule has 1 aromatic carbocycles. The summed E-state index contributed by atoms with van der Waals surface area (Å²) in [4.78, 5) is 27.8. The van der Waals surface area contributed by atoms with E-state index in [1.165, 1.54) is 0 Å². The molecule has 1 aromatic rings. The van der Waals surface area contributed by atoms with Gasteiger partial charge in [0.15, 0.2) is 0 Å². The summed E-state index contributed by atoms with van der Waals surface area (Å²) in [5, 5.41) is 3.39. The number of anilines is 1. The van der Waals surface area contributed by atoms with Crippen molar-refractivity contribution < 1.29 is 9.59 Å². The maximum absolute atomic E-state index is 12.2. The number of hydrogen-bond acceptors (Lipinski definition) is 4. The smallest absolute Gasteiger partial charge is 0.242 e. The molecule has 9 heteroatoms. The molecule has 1 saturated heterocycles. The first-order valence-electron chi connectivity index (χ1n) is 8.26. The molecule has 148 valence electrons. The molecule has 0 radical (unpaired) electrons. The molecular weight excluding hydrogens is 399 g/mol. The number of nitrogens with zero attached hydrogens (tertiary/aromatic N) is 2. The Kier molecular flexibility index (Phi) is 11.7. The van der Waals surface area contributed by atoms with Crippen molar-refractivity contribution >= 4 is 53.9 Å². The molecule has 2 rings (SSSR count). The zero-order valence-corrected chi connectivity index (χ0v) is 17.2. The highest BCUT2D eigenvalue weighted by atomic mass is 35.5. The Morgan fingerprint density at radius 2 is 1.73 bits per heavy atom. The Bertz CT molecular complexity index is 562. The van der Waals surface area contributed by atoms with Gasteiger partial charge in [-0.25, -0.2) is 0 Å². The molecule has 1 heterocycles. The SMILES string of the molecule is CC(N)CCC(=O)NCC(=O)N1CCN(c2ccc(Cl)cc2)CC1.Cl.Cl. The molecule has 6 nitrogen and oxygen atoms in total. The molecule has 2 amide bonds. The Morgan fingerprint density at radius 3 is 2.27 bits per heavy atom. The largest absolute Gasteiger partial charge is 0.368 e. The van der Waals surface area contributed by atoms with Crippen LogP contribution >= 0.6 is 36.4 Å². The second-order valence-electron chi connectivity index (χ2n) is 6.14. The van der Waals surface area contributed by atoms with Crippen molar-refractivity contribution in [2.24, 2.45) is 5.73 Å². The van der Waals surface area contributed by atoms with Crippen LogP contribution in [0.5, 0.6) is 0 Å². The number of halogens is 3. The fourth-order valence-corrected chi connectivity index (χ4v) is 2.73. The highest BCUT2D eigenvalue weighted by molar-refractivity contribution is 6.30. The zero-order chi connectivity index (χ0) is 17.5. The van der Waals surface area contributed by atoms with E-state index < -0.39 is 0 Å². The third-order valence-electron chi connectivity index (χ3n) is 4.09. The van der Waals surface area contributed by atoms with Crippen molar-refractivity contribution in [3.8, 4) is 0 Å². The van der Waals surface area contributed by atoms with Crippen molar-refractivity contribution in [2.75, 3.05) is 37.6 Å². The minimum absolute atomic E-state index is 0. The highest BCUT2D eigenvalue weighted by Gasteiger charge is 2.21. The van der Waals surface area contributed by atoms with Gasteiger partial charge < -0.3 is 20.9 Å². The van der Waals surface area contributed by atoms with Crippen LogP contribution < -0.4 is 16.0 Å². The van der Waals surface area contributed by atoms with Gasteiger partial charge in [0, 0.05) is 49.4 Å². The minimum Gasteiger partial charge on any atom is -0.368 e. The van der Waals surface area contributed by atoms with E-state index in [4.69, 9.17) is 17.3 Å². The van der Waals surface area contributed by atoms with Crippen LogP contribution in [0.3, 0.4) is 0 Å². The summed E-state index contributed by atoms with van der Waals surface area (Å²) in [5.41, 5.74) is 6.72. The van der Waals surface area contributed by atoms with E-state index in [9.17, 15) is 9.59 Å². The Balaban J connectivity index is 0.00000312. The topological polar surface area (TPSA) is 78.7 Å². The lowest BCUT2D eigenvalue weighted by molar-refractivity contribution is -0.133. The van der Waals surface area contributed by atoms with Crippen molar-refractivity contribution in [2.45, 2.75) is 25.8 Å². The lowest BCUT2D eigenvalue weighted by atomic mass is 10.2. The third kappa shape index (κ3) is 7.99. The van der Waals surface area contributed by atoms with E-state index in [0.717, 1.165) is 18.8 Å². The fourth-order valence-electron chi connectivity index (χ4n) is 2.60. The molecule has 1 atom stereocenters. The van der Waals surface area contributed by atoms with Crippen LogP contribution in [0.25, 0.3) is 0 Å². The molecule has 1 fully saturated rings. The number of benzene rings is 1. The minimum atomic E-state index is -0.125. The van der Waals surface area contributed by atoms with Gasteiger partial charge in [-0.05, 0) is 37.6 Å². The van der Waals surface area contributed by atoms with E-state index in [0.29, 0.717) is 31.0 Å². The molecular formula is C17H27Cl3N4O2. The molecule has 0 spiro atoms. The molecule has 1 aliphatic rings. The van der Waals surface area contributed by atoms with Crippen molar-refractivity contribution in [3.63, 3.8) is 0 Å². The average Bonchev–Trinajstić information content (AvgIpc) is 2.58. The Hall–Kier alpha value is -1.21. The van der Waals surface area contributed by atoms with Crippen LogP contribution in [0.4, 0.5) is 5.69 Å². The van der Waals surface area contributed by atoms with Crippen LogP contribution in [-0.2, 0) is 9.59 Å². The van der Waals surface area contributed by atoms with Crippen molar-refractivity contribution in [1.29, 1.82) is 0 Å². The van der Waals surface area contributed by atoms with Gasteiger partial charge in [-0.3, -0.25) is 9.59 Å².